The first-order valence-corrected chi connectivity index (χ1v) is 13.2. The molecule has 1 amide bonds. The van der Waals surface area contributed by atoms with E-state index in [1.165, 1.54) is 0 Å². The summed E-state index contributed by atoms with van der Waals surface area (Å²) >= 11 is 0. The van der Waals surface area contributed by atoms with Crippen LogP contribution < -0.4 is 14.2 Å². The summed E-state index contributed by atoms with van der Waals surface area (Å²) in [7, 11) is 4.84. The van der Waals surface area contributed by atoms with Gasteiger partial charge in [-0.05, 0) is 71.8 Å². The number of nitrogens with zero attached hydrogens (tertiary/aromatic N) is 5. The van der Waals surface area contributed by atoms with Crippen molar-refractivity contribution in [2.45, 2.75) is 19.0 Å². The highest BCUT2D eigenvalue weighted by atomic mass is 16.5. The molecule has 1 atom stereocenters. The molecule has 0 aliphatic carbocycles. The fourth-order valence-corrected chi connectivity index (χ4v) is 5.18. The average Bonchev–Trinajstić information content (AvgIpc) is 3.64. The first-order valence-electron chi connectivity index (χ1n) is 13.2. The molecule has 2 aromatic heterocycles. The van der Waals surface area contributed by atoms with Crippen LogP contribution in [0.3, 0.4) is 0 Å². The number of ether oxygens (including phenoxy) is 3. The number of aromatic nitrogens is 3. The van der Waals surface area contributed by atoms with Gasteiger partial charge in [-0.1, -0.05) is 18.2 Å². The van der Waals surface area contributed by atoms with Crippen molar-refractivity contribution in [2.24, 2.45) is 5.10 Å². The minimum atomic E-state index is -0.335. The Hall–Kier alpha value is -5.18. The van der Waals surface area contributed by atoms with Gasteiger partial charge in [-0.2, -0.15) is 5.10 Å². The van der Waals surface area contributed by atoms with Gasteiger partial charge in [-0.25, -0.2) is 9.99 Å². The molecular formula is C32H29N5O4. The molecule has 1 aliphatic rings. The molecule has 0 bridgehead atoms. The van der Waals surface area contributed by atoms with E-state index in [1.54, 1.807) is 38.7 Å². The summed E-state index contributed by atoms with van der Waals surface area (Å²) in [5.74, 6) is 2.51. The van der Waals surface area contributed by atoms with Gasteiger partial charge in [0.2, 0.25) is 0 Å². The van der Waals surface area contributed by atoms with Crippen molar-refractivity contribution >= 4 is 22.7 Å². The molecule has 0 saturated carbocycles. The number of para-hydroxylation sites is 2. The maximum Gasteiger partial charge on any atom is 0.263 e. The zero-order valence-electron chi connectivity index (χ0n) is 23.0. The lowest BCUT2D eigenvalue weighted by atomic mass is 9.98. The largest absolute Gasteiger partial charge is 0.497 e. The molecule has 3 aromatic carbocycles. The molecule has 3 heterocycles. The summed E-state index contributed by atoms with van der Waals surface area (Å²) in [5.41, 5.74) is 5.20. The number of hydrazone groups is 1. The Morgan fingerprint density at radius 2 is 1.61 bits per heavy atom. The monoisotopic (exact) mass is 547 g/mol. The van der Waals surface area contributed by atoms with Gasteiger partial charge < -0.3 is 18.8 Å². The van der Waals surface area contributed by atoms with Crippen LogP contribution in [0.15, 0.2) is 96.4 Å². The summed E-state index contributed by atoms with van der Waals surface area (Å²) < 4.78 is 18.3. The van der Waals surface area contributed by atoms with Crippen LogP contribution in [-0.4, -0.2) is 52.5 Å². The second-order valence-electron chi connectivity index (χ2n) is 9.59. The Morgan fingerprint density at radius 1 is 0.854 bits per heavy atom. The molecule has 9 nitrogen and oxygen atoms in total. The summed E-state index contributed by atoms with van der Waals surface area (Å²) in [5, 5.41) is 6.47. The Bertz CT molecular complexity index is 1730. The molecular weight excluding hydrogens is 518 g/mol. The fourth-order valence-electron chi connectivity index (χ4n) is 5.18. The van der Waals surface area contributed by atoms with Crippen molar-refractivity contribution in [3.05, 3.63) is 102 Å². The molecule has 6 rings (SSSR count). The third kappa shape index (κ3) is 4.98. The summed E-state index contributed by atoms with van der Waals surface area (Å²) in [6.07, 6.45) is 3.98. The van der Waals surface area contributed by atoms with Gasteiger partial charge in [0.25, 0.3) is 5.91 Å². The highest BCUT2D eigenvalue weighted by molar-refractivity contribution is 6.03. The smallest absolute Gasteiger partial charge is 0.263 e. The van der Waals surface area contributed by atoms with Gasteiger partial charge in [0.15, 0.2) is 11.5 Å². The second-order valence-corrected chi connectivity index (χ2v) is 9.59. The molecule has 1 aliphatic heterocycles. The number of hydrogen-bond donors (Lipinski definition) is 0. The third-order valence-electron chi connectivity index (χ3n) is 7.27. The van der Waals surface area contributed by atoms with Gasteiger partial charge >= 0.3 is 0 Å². The number of carbonyl (C=O) groups is 1. The van der Waals surface area contributed by atoms with E-state index in [9.17, 15) is 4.79 Å². The number of carbonyl (C=O) groups excluding carboxylic acids is 1. The Kier molecular flexibility index (Phi) is 7.08. The van der Waals surface area contributed by atoms with Crippen LogP contribution in [0.4, 0.5) is 0 Å². The number of rotatable bonds is 8. The molecule has 1 unspecified atom stereocenters. The summed E-state index contributed by atoms with van der Waals surface area (Å²) in [6.45, 7) is 0.0569. The van der Waals surface area contributed by atoms with Gasteiger partial charge in [0, 0.05) is 24.4 Å². The van der Waals surface area contributed by atoms with Gasteiger partial charge in [0.05, 0.1) is 44.1 Å². The normalized spacial score (nSPS) is 14.7. The van der Waals surface area contributed by atoms with Crippen molar-refractivity contribution in [2.75, 3.05) is 21.3 Å². The minimum absolute atomic E-state index is 0.0569. The van der Waals surface area contributed by atoms with E-state index >= 15 is 0 Å². The van der Waals surface area contributed by atoms with Gasteiger partial charge in [-0.3, -0.25) is 9.78 Å². The maximum absolute atomic E-state index is 14.2. The Labute approximate surface area is 237 Å². The molecule has 9 heteroatoms. The van der Waals surface area contributed by atoms with E-state index in [1.807, 2.05) is 83.4 Å². The molecule has 5 aromatic rings. The number of hydrogen-bond acceptors (Lipinski definition) is 7. The Balaban J connectivity index is 1.40. The van der Waals surface area contributed by atoms with Crippen LogP contribution >= 0.6 is 0 Å². The van der Waals surface area contributed by atoms with E-state index in [0.29, 0.717) is 23.7 Å². The van der Waals surface area contributed by atoms with Crippen LogP contribution in [0.2, 0.25) is 0 Å². The van der Waals surface area contributed by atoms with E-state index < -0.39 is 0 Å². The fraction of sp³-hybridized carbons (Fsp3) is 0.188. The molecule has 206 valence electrons. The lowest BCUT2D eigenvalue weighted by Crippen LogP contribution is -2.30. The predicted molar refractivity (Wildman–Crippen MR) is 156 cm³/mol. The highest BCUT2D eigenvalue weighted by Crippen LogP contribution is 2.38. The summed E-state index contributed by atoms with van der Waals surface area (Å²) in [6, 6.07) is 24.7. The van der Waals surface area contributed by atoms with Crippen LogP contribution in [0.5, 0.6) is 17.2 Å². The summed E-state index contributed by atoms with van der Waals surface area (Å²) in [4.78, 5) is 23.1. The second kappa shape index (κ2) is 11.1. The molecule has 41 heavy (non-hydrogen) atoms. The third-order valence-corrected chi connectivity index (χ3v) is 7.27. The average molecular weight is 548 g/mol. The van der Waals surface area contributed by atoms with Crippen LogP contribution in [0.1, 0.15) is 23.6 Å². The lowest BCUT2D eigenvalue weighted by Gasteiger charge is -2.23. The first kappa shape index (κ1) is 26.1. The van der Waals surface area contributed by atoms with Crippen LogP contribution in [-0.2, 0) is 11.3 Å². The molecule has 0 N–H and O–H groups in total. The van der Waals surface area contributed by atoms with Crippen molar-refractivity contribution in [1.82, 2.24) is 19.5 Å². The van der Waals surface area contributed by atoms with Crippen molar-refractivity contribution < 1.29 is 19.0 Å². The lowest BCUT2D eigenvalue weighted by molar-refractivity contribution is -0.133. The van der Waals surface area contributed by atoms with Crippen molar-refractivity contribution in [3.8, 4) is 28.6 Å². The van der Waals surface area contributed by atoms with E-state index in [4.69, 9.17) is 24.3 Å². The Morgan fingerprint density at radius 3 is 2.34 bits per heavy atom. The van der Waals surface area contributed by atoms with E-state index in [2.05, 4.69) is 4.98 Å². The topological polar surface area (TPSA) is 91.1 Å². The molecule has 0 spiro atoms. The quantitative estimate of drug-likeness (QED) is 0.255. The first-order chi connectivity index (χ1) is 20.1. The van der Waals surface area contributed by atoms with E-state index in [-0.39, 0.29) is 18.5 Å². The van der Waals surface area contributed by atoms with Crippen molar-refractivity contribution in [1.29, 1.82) is 0 Å². The number of imidazole rings is 1. The number of amides is 1. The SMILES string of the molecule is COc1ccc(C2=NN(C(=O)Cn3c(-c4ccncc4)nc4ccccc43)C(c3ccc(OC)c(OC)c3)C2)cc1. The number of pyridine rings is 1. The standard InChI is InChI=1S/C32H29N5O4/c1-39-24-11-8-21(9-12-24)26-19-28(23-10-13-29(40-2)30(18-23)41-3)37(35-26)31(38)20-36-27-7-5-4-6-25(27)34-32(36)22-14-16-33-17-15-22/h4-18,28H,19-20H2,1-3H3. The number of benzene rings is 3. The van der Waals surface area contributed by atoms with Crippen LogP contribution in [0.25, 0.3) is 22.4 Å². The zero-order valence-corrected chi connectivity index (χ0v) is 23.0. The maximum atomic E-state index is 14.2. The number of fused-ring (bicyclic) bond motifs is 1. The molecule has 0 saturated heterocycles. The highest BCUT2D eigenvalue weighted by Gasteiger charge is 2.34. The molecule has 0 fully saturated rings. The van der Waals surface area contributed by atoms with Gasteiger partial charge in [-0.15, -0.1) is 0 Å². The van der Waals surface area contributed by atoms with Crippen molar-refractivity contribution in [3.63, 3.8) is 0 Å². The zero-order chi connectivity index (χ0) is 28.3. The predicted octanol–water partition coefficient (Wildman–Crippen LogP) is 5.50. The van der Waals surface area contributed by atoms with Crippen LogP contribution in [0, 0.1) is 0 Å². The van der Waals surface area contributed by atoms with E-state index in [0.717, 1.165) is 39.2 Å². The van der Waals surface area contributed by atoms with Gasteiger partial charge in [0.1, 0.15) is 18.1 Å². The molecule has 0 radical (unpaired) electrons. The minimum Gasteiger partial charge on any atom is -0.497 e. The number of methoxy groups -OCH3 is 3.